The zero-order valence-corrected chi connectivity index (χ0v) is 21.6. The first-order valence-corrected chi connectivity index (χ1v) is 12.6. The molecule has 0 spiro atoms. The molecule has 2 aromatic rings. The largest absolute Gasteiger partial charge is 0.444 e. The van der Waals surface area contributed by atoms with E-state index < -0.39 is 5.60 Å². The standard InChI is InChI=1S/C28H38N4O3/c1-28(2,3)35-27(34)32-16-14-23(15-17-32)30-25(20-8-9-20)22-12-13-24(29-18-22)19-6-10-21(11-7-19)26(33)31(4)5/h6-7,10-13,18,20,23,25,30H,8-9,14-17H2,1-5H3. The molecule has 2 aliphatic rings. The molecular weight excluding hydrogens is 440 g/mol. The third-order valence-corrected chi connectivity index (χ3v) is 6.63. The summed E-state index contributed by atoms with van der Waals surface area (Å²) in [6.07, 6.45) is 6.08. The van der Waals surface area contributed by atoms with Crippen molar-refractivity contribution >= 4 is 12.0 Å². The summed E-state index contributed by atoms with van der Waals surface area (Å²) in [5, 5.41) is 3.87. The van der Waals surface area contributed by atoms with E-state index in [0.29, 0.717) is 30.6 Å². The average molecular weight is 479 g/mol. The number of amides is 2. The molecule has 2 fully saturated rings. The van der Waals surface area contributed by atoms with Crippen LogP contribution >= 0.6 is 0 Å². The molecule has 1 unspecified atom stereocenters. The maximum absolute atomic E-state index is 12.4. The number of pyridine rings is 1. The molecular formula is C28H38N4O3. The van der Waals surface area contributed by atoms with Crippen LogP contribution < -0.4 is 5.32 Å². The fourth-order valence-corrected chi connectivity index (χ4v) is 4.54. The molecule has 2 amide bonds. The van der Waals surface area contributed by atoms with Gasteiger partial charge in [-0.25, -0.2) is 4.79 Å². The minimum absolute atomic E-state index is 0.00450. The predicted molar refractivity (Wildman–Crippen MR) is 137 cm³/mol. The Hall–Kier alpha value is -2.93. The molecule has 1 aromatic heterocycles. The van der Waals surface area contributed by atoms with Gasteiger partial charge in [0.2, 0.25) is 0 Å². The smallest absolute Gasteiger partial charge is 0.410 e. The first-order valence-electron chi connectivity index (χ1n) is 12.6. The second kappa shape index (κ2) is 10.4. The van der Waals surface area contributed by atoms with Crippen LogP contribution in [0.5, 0.6) is 0 Å². The van der Waals surface area contributed by atoms with Gasteiger partial charge in [0.15, 0.2) is 0 Å². The molecule has 1 saturated heterocycles. The summed E-state index contributed by atoms with van der Waals surface area (Å²) >= 11 is 0. The molecule has 188 valence electrons. The number of likely N-dealkylation sites (tertiary alicyclic amines) is 1. The van der Waals surface area contributed by atoms with Gasteiger partial charge in [0.1, 0.15) is 5.60 Å². The Morgan fingerprint density at radius 1 is 1.03 bits per heavy atom. The van der Waals surface area contributed by atoms with Gasteiger partial charge < -0.3 is 19.9 Å². The molecule has 35 heavy (non-hydrogen) atoms. The van der Waals surface area contributed by atoms with Crippen molar-refractivity contribution < 1.29 is 14.3 Å². The maximum atomic E-state index is 12.4. The lowest BCUT2D eigenvalue weighted by Gasteiger charge is -2.35. The molecule has 1 aromatic carbocycles. The van der Waals surface area contributed by atoms with Crippen molar-refractivity contribution in [3.05, 3.63) is 53.7 Å². The number of nitrogens with zero attached hydrogens (tertiary/aromatic N) is 3. The van der Waals surface area contributed by atoms with E-state index >= 15 is 0 Å². The van der Waals surface area contributed by atoms with Gasteiger partial charge in [-0.15, -0.1) is 0 Å². The monoisotopic (exact) mass is 478 g/mol. The quantitative estimate of drug-likeness (QED) is 0.640. The van der Waals surface area contributed by atoms with E-state index in [0.717, 1.165) is 24.1 Å². The Morgan fingerprint density at radius 3 is 2.20 bits per heavy atom. The lowest BCUT2D eigenvalue weighted by Crippen LogP contribution is -2.47. The van der Waals surface area contributed by atoms with Gasteiger partial charge in [0.05, 0.1) is 5.69 Å². The number of carbonyl (C=O) groups excluding carboxylic acids is 2. The summed E-state index contributed by atoms with van der Waals surface area (Å²) in [6.45, 7) is 7.14. The van der Waals surface area contributed by atoms with Crippen molar-refractivity contribution in [2.75, 3.05) is 27.2 Å². The molecule has 1 atom stereocenters. The summed E-state index contributed by atoms with van der Waals surface area (Å²) in [5.41, 5.74) is 3.32. The van der Waals surface area contributed by atoms with Crippen LogP contribution in [0.1, 0.15) is 68.4 Å². The molecule has 4 rings (SSSR count). The van der Waals surface area contributed by atoms with E-state index in [1.165, 1.54) is 18.4 Å². The summed E-state index contributed by atoms with van der Waals surface area (Å²) in [4.78, 5) is 32.6. The molecule has 7 nitrogen and oxygen atoms in total. The van der Waals surface area contributed by atoms with E-state index in [2.05, 4.69) is 17.4 Å². The number of hydrogen-bond acceptors (Lipinski definition) is 5. The number of ether oxygens (including phenoxy) is 1. The molecule has 0 radical (unpaired) electrons. The molecule has 2 heterocycles. The number of piperidine rings is 1. The lowest BCUT2D eigenvalue weighted by atomic mass is 9.98. The van der Waals surface area contributed by atoms with Crippen molar-refractivity contribution in [1.29, 1.82) is 0 Å². The van der Waals surface area contributed by atoms with Crippen LogP contribution in [0.3, 0.4) is 0 Å². The number of nitrogens with one attached hydrogen (secondary N) is 1. The van der Waals surface area contributed by atoms with Gasteiger partial charge in [-0.1, -0.05) is 18.2 Å². The van der Waals surface area contributed by atoms with Crippen molar-refractivity contribution in [3.63, 3.8) is 0 Å². The Morgan fingerprint density at radius 2 is 1.69 bits per heavy atom. The van der Waals surface area contributed by atoms with Crippen molar-refractivity contribution in [2.45, 2.75) is 64.1 Å². The van der Waals surface area contributed by atoms with E-state index in [9.17, 15) is 9.59 Å². The highest BCUT2D eigenvalue weighted by Crippen LogP contribution is 2.41. The zero-order valence-electron chi connectivity index (χ0n) is 21.6. The van der Waals surface area contributed by atoms with Crippen LogP contribution in [0.15, 0.2) is 42.6 Å². The van der Waals surface area contributed by atoms with E-state index in [-0.39, 0.29) is 18.0 Å². The molecule has 0 bridgehead atoms. The molecule has 7 heteroatoms. The van der Waals surface area contributed by atoms with Crippen LogP contribution in [0.2, 0.25) is 0 Å². The Balaban J connectivity index is 1.36. The van der Waals surface area contributed by atoms with E-state index in [4.69, 9.17) is 9.72 Å². The summed E-state index contributed by atoms with van der Waals surface area (Å²) in [6, 6.07) is 12.5. The van der Waals surface area contributed by atoms with Gasteiger partial charge in [-0.05, 0) is 76.1 Å². The fraction of sp³-hybridized carbons (Fsp3) is 0.536. The number of carbonyl (C=O) groups is 2. The topological polar surface area (TPSA) is 74.8 Å². The molecule has 1 aliphatic carbocycles. The number of rotatable bonds is 6. The third kappa shape index (κ3) is 6.60. The van der Waals surface area contributed by atoms with Gasteiger partial charge in [0, 0.05) is 56.6 Å². The van der Waals surface area contributed by atoms with Crippen LogP contribution in [0.25, 0.3) is 11.3 Å². The van der Waals surface area contributed by atoms with Crippen LogP contribution in [-0.4, -0.2) is 65.6 Å². The molecule has 1 N–H and O–H groups in total. The van der Waals surface area contributed by atoms with E-state index in [1.807, 2.05) is 56.1 Å². The summed E-state index contributed by atoms with van der Waals surface area (Å²) in [7, 11) is 3.51. The predicted octanol–water partition coefficient (Wildman–Crippen LogP) is 4.89. The van der Waals surface area contributed by atoms with E-state index in [1.54, 1.807) is 19.0 Å². The minimum atomic E-state index is -0.464. The van der Waals surface area contributed by atoms with Gasteiger partial charge >= 0.3 is 6.09 Å². The first kappa shape index (κ1) is 25.2. The highest BCUT2D eigenvalue weighted by molar-refractivity contribution is 5.94. The zero-order chi connectivity index (χ0) is 25.2. The van der Waals surface area contributed by atoms with Crippen molar-refractivity contribution in [3.8, 4) is 11.3 Å². The summed E-state index contributed by atoms with van der Waals surface area (Å²) in [5.74, 6) is 0.637. The van der Waals surface area contributed by atoms with Crippen LogP contribution in [0.4, 0.5) is 4.79 Å². The van der Waals surface area contributed by atoms with Crippen molar-refractivity contribution in [1.82, 2.24) is 20.1 Å². The second-order valence-corrected chi connectivity index (χ2v) is 11.0. The average Bonchev–Trinajstić information content (AvgIpc) is 3.67. The highest BCUT2D eigenvalue weighted by Gasteiger charge is 2.35. The van der Waals surface area contributed by atoms with Gasteiger partial charge in [-0.2, -0.15) is 0 Å². The molecule has 1 aliphatic heterocycles. The highest BCUT2D eigenvalue weighted by atomic mass is 16.6. The Labute approximate surface area is 208 Å². The SMILES string of the molecule is CN(C)C(=O)c1ccc(-c2ccc(C(NC3CCN(C(=O)OC(C)(C)C)CC3)C3CC3)cn2)cc1. The first-order chi connectivity index (χ1) is 16.6. The fourth-order valence-electron chi connectivity index (χ4n) is 4.54. The van der Waals surface area contributed by atoms with Gasteiger partial charge in [-0.3, -0.25) is 9.78 Å². The minimum Gasteiger partial charge on any atom is -0.444 e. The number of hydrogen-bond donors (Lipinski definition) is 1. The molecule has 1 saturated carbocycles. The van der Waals surface area contributed by atoms with Crippen LogP contribution in [0, 0.1) is 5.92 Å². The Bertz CT molecular complexity index is 1020. The maximum Gasteiger partial charge on any atom is 0.410 e. The third-order valence-electron chi connectivity index (χ3n) is 6.63. The van der Waals surface area contributed by atoms with Gasteiger partial charge in [0.25, 0.3) is 5.91 Å². The second-order valence-electron chi connectivity index (χ2n) is 11.0. The normalized spacial score (nSPS) is 17.7. The number of aromatic nitrogens is 1. The van der Waals surface area contributed by atoms with Crippen LogP contribution in [-0.2, 0) is 4.74 Å². The Kier molecular flexibility index (Phi) is 7.45. The number of benzene rings is 1. The summed E-state index contributed by atoms with van der Waals surface area (Å²) < 4.78 is 5.53. The lowest BCUT2D eigenvalue weighted by molar-refractivity contribution is 0.0194. The van der Waals surface area contributed by atoms with Crippen molar-refractivity contribution in [2.24, 2.45) is 5.92 Å².